The molecule has 0 amide bonds. The van der Waals surface area contributed by atoms with Crippen molar-refractivity contribution in [2.24, 2.45) is 0 Å². The van der Waals surface area contributed by atoms with Gasteiger partial charge in [0.15, 0.2) is 0 Å². The second-order valence-corrected chi connectivity index (χ2v) is 7.95. The molecule has 0 unspecified atom stereocenters. The van der Waals surface area contributed by atoms with E-state index in [1.165, 1.54) is 25.2 Å². The first-order chi connectivity index (χ1) is 12.7. The van der Waals surface area contributed by atoms with Crippen molar-refractivity contribution in [3.8, 4) is 0 Å². The van der Waals surface area contributed by atoms with E-state index < -0.39 is 0 Å². The zero-order valence-corrected chi connectivity index (χ0v) is 15.7. The third-order valence-electron chi connectivity index (χ3n) is 5.28. The van der Waals surface area contributed by atoms with Gasteiger partial charge in [0, 0.05) is 36.5 Å². The molecule has 0 radical (unpaired) electrons. The molecule has 2 aromatic heterocycles. The Morgan fingerprint density at radius 1 is 1.15 bits per heavy atom. The number of nitrogens with zero attached hydrogens (tertiary/aromatic N) is 6. The Morgan fingerprint density at radius 3 is 2.88 bits per heavy atom. The van der Waals surface area contributed by atoms with Crippen molar-refractivity contribution in [2.45, 2.75) is 37.6 Å². The van der Waals surface area contributed by atoms with Crippen LogP contribution in [0.2, 0.25) is 0 Å². The molecule has 1 atom stereocenters. The first-order valence-electron chi connectivity index (χ1n) is 8.95. The average Bonchev–Trinajstić information content (AvgIpc) is 3.39. The van der Waals surface area contributed by atoms with Gasteiger partial charge in [-0.1, -0.05) is 0 Å². The van der Waals surface area contributed by atoms with E-state index in [0.29, 0.717) is 21.9 Å². The molecule has 1 saturated heterocycles. The van der Waals surface area contributed by atoms with Gasteiger partial charge < -0.3 is 9.47 Å². The lowest BCUT2D eigenvalue weighted by atomic mass is 9.96. The highest BCUT2D eigenvalue weighted by Crippen LogP contribution is 2.39. The summed E-state index contributed by atoms with van der Waals surface area (Å²) >= 11 is 3.28. The van der Waals surface area contributed by atoms with E-state index in [1.54, 1.807) is 6.07 Å². The Labute approximate surface area is 158 Å². The number of hydrogen-bond acceptors (Lipinski definition) is 5. The van der Waals surface area contributed by atoms with Crippen molar-refractivity contribution in [1.29, 1.82) is 0 Å². The molecule has 0 bridgehead atoms. The molecular weight excluding hydrogens is 399 g/mol. The molecule has 5 rings (SSSR count). The van der Waals surface area contributed by atoms with Crippen LogP contribution in [0.3, 0.4) is 0 Å². The molecule has 1 aliphatic heterocycles. The van der Waals surface area contributed by atoms with Crippen LogP contribution < -0.4 is 4.90 Å². The maximum atomic E-state index is 13.9. The monoisotopic (exact) mass is 416 g/mol. The smallest absolute Gasteiger partial charge is 0.139 e. The molecule has 1 aromatic carbocycles. The van der Waals surface area contributed by atoms with E-state index in [4.69, 9.17) is 0 Å². The average molecular weight is 417 g/mol. The topological polar surface area (TPSA) is 59.7 Å². The van der Waals surface area contributed by atoms with Crippen molar-refractivity contribution in [2.75, 3.05) is 18.0 Å². The minimum absolute atomic E-state index is 0.309. The van der Waals surface area contributed by atoms with Gasteiger partial charge in [-0.3, -0.25) is 0 Å². The third kappa shape index (κ3) is 2.76. The molecule has 0 N–H and O–H groups in total. The number of fused-ring (bicyclic) bond motifs is 1. The molecule has 2 aliphatic rings. The van der Waals surface area contributed by atoms with Crippen LogP contribution in [0.4, 0.5) is 10.2 Å². The number of halogens is 2. The Bertz CT molecular complexity index is 969. The Kier molecular flexibility index (Phi) is 3.88. The summed E-state index contributed by atoms with van der Waals surface area (Å²) in [6.45, 7) is 1.77. The van der Waals surface area contributed by atoms with E-state index in [2.05, 4.69) is 45.6 Å². The summed E-state index contributed by atoms with van der Waals surface area (Å²) in [4.78, 5) is 11.0. The predicted octanol–water partition coefficient (Wildman–Crippen LogP) is 3.84. The zero-order valence-electron chi connectivity index (χ0n) is 14.1. The fourth-order valence-corrected chi connectivity index (χ4v) is 4.19. The zero-order chi connectivity index (χ0) is 17.7. The largest absolute Gasteiger partial charge is 0.355 e. The molecule has 8 heteroatoms. The number of anilines is 1. The van der Waals surface area contributed by atoms with Gasteiger partial charge in [0.25, 0.3) is 0 Å². The number of rotatable bonds is 3. The number of hydrogen-bond donors (Lipinski definition) is 0. The summed E-state index contributed by atoms with van der Waals surface area (Å²) in [6, 6.07) is 3.81. The first-order valence-corrected chi connectivity index (χ1v) is 9.74. The van der Waals surface area contributed by atoms with E-state index in [0.717, 1.165) is 43.0 Å². The number of piperidine rings is 1. The van der Waals surface area contributed by atoms with Crippen LogP contribution in [-0.2, 0) is 0 Å². The van der Waals surface area contributed by atoms with Gasteiger partial charge in [0.05, 0.1) is 9.99 Å². The van der Waals surface area contributed by atoms with Crippen LogP contribution in [0, 0.1) is 5.82 Å². The highest BCUT2D eigenvalue weighted by molar-refractivity contribution is 9.10. The summed E-state index contributed by atoms with van der Waals surface area (Å²) in [5, 5.41) is 9.43. The highest BCUT2D eigenvalue weighted by Gasteiger charge is 2.32. The Hall–Kier alpha value is -2.09. The number of aromatic nitrogens is 5. The van der Waals surface area contributed by atoms with Crippen LogP contribution in [0.15, 0.2) is 29.3 Å². The molecule has 6 nitrogen and oxygen atoms in total. The molecule has 0 spiro atoms. The normalized spacial score (nSPS) is 20.7. The van der Waals surface area contributed by atoms with Gasteiger partial charge in [-0.25, -0.2) is 14.4 Å². The summed E-state index contributed by atoms with van der Waals surface area (Å²) in [5.74, 6) is 1.97. The van der Waals surface area contributed by atoms with Crippen LogP contribution in [0.1, 0.15) is 43.5 Å². The minimum Gasteiger partial charge on any atom is -0.355 e. The maximum absolute atomic E-state index is 13.9. The van der Waals surface area contributed by atoms with E-state index in [-0.39, 0.29) is 5.82 Å². The van der Waals surface area contributed by atoms with E-state index in [1.807, 2.05) is 6.33 Å². The van der Waals surface area contributed by atoms with Crippen molar-refractivity contribution in [3.63, 3.8) is 0 Å². The summed E-state index contributed by atoms with van der Waals surface area (Å²) in [7, 11) is 0. The van der Waals surface area contributed by atoms with E-state index in [9.17, 15) is 4.39 Å². The molecular formula is C18H18BrFN6. The highest BCUT2D eigenvalue weighted by atomic mass is 79.9. The van der Waals surface area contributed by atoms with Crippen LogP contribution in [0.5, 0.6) is 0 Å². The van der Waals surface area contributed by atoms with Crippen molar-refractivity contribution < 1.29 is 4.39 Å². The van der Waals surface area contributed by atoms with Gasteiger partial charge in [0.2, 0.25) is 0 Å². The molecule has 26 heavy (non-hydrogen) atoms. The second-order valence-electron chi connectivity index (χ2n) is 7.09. The summed E-state index contributed by atoms with van der Waals surface area (Å²) < 4.78 is 16.5. The lowest BCUT2D eigenvalue weighted by molar-refractivity contribution is 0.469. The van der Waals surface area contributed by atoms with Crippen molar-refractivity contribution in [1.82, 2.24) is 24.7 Å². The maximum Gasteiger partial charge on any atom is 0.139 e. The predicted molar refractivity (Wildman–Crippen MR) is 99.7 cm³/mol. The van der Waals surface area contributed by atoms with Crippen LogP contribution in [0.25, 0.3) is 10.9 Å². The molecule has 1 aliphatic carbocycles. The minimum atomic E-state index is -0.309. The molecule has 3 aromatic rings. The fraction of sp³-hybridized carbons (Fsp3) is 0.444. The fourth-order valence-electron chi connectivity index (χ4n) is 3.85. The SMILES string of the molecule is Fc1cc2ncnc(N3CCC[C@@H](c4nncn4C4CC4)C3)c2cc1Br. The van der Waals surface area contributed by atoms with Gasteiger partial charge in [-0.2, -0.15) is 0 Å². The van der Waals surface area contributed by atoms with Crippen LogP contribution in [-0.4, -0.2) is 37.8 Å². The van der Waals surface area contributed by atoms with Crippen molar-refractivity contribution >= 4 is 32.7 Å². The summed E-state index contributed by atoms with van der Waals surface area (Å²) in [5.41, 5.74) is 0.624. The van der Waals surface area contributed by atoms with Gasteiger partial charge in [-0.05, 0) is 47.7 Å². The standard InChI is InChI=1S/C18H18BrFN6/c19-14-6-13-16(7-15(14)20)21-9-22-18(13)25-5-1-2-11(8-25)17-24-23-10-26(17)12-3-4-12/h6-7,9-12H,1-5,8H2/t11-/m1/s1. The van der Waals surface area contributed by atoms with Crippen molar-refractivity contribution in [3.05, 3.63) is 40.9 Å². The molecule has 1 saturated carbocycles. The Balaban J connectivity index is 1.49. The first kappa shape index (κ1) is 16.1. The molecule has 3 heterocycles. The number of benzene rings is 1. The van der Waals surface area contributed by atoms with Crippen LogP contribution >= 0.6 is 15.9 Å². The second kappa shape index (κ2) is 6.26. The van der Waals surface area contributed by atoms with Gasteiger partial charge in [0.1, 0.15) is 30.1 Å². The molecule has 2 fully saturated rings. The van der Waals surface area contributed by atoms with Gasteiger partial charge >= 0.3 is 0 Å². The summed E-state index contributed by atoms with van der Waals surface area (Å²) in [6.07, 6.45) is 7.99. The quantitative estimate of drug-likeness (QED) is 0.648. The lowest BCUT2D eigenvalue weighted by Crippen LogP contribution is -2.36. The lowest BCUT2D eigenvalue weighted by Gasteiger charge is -2.33. The molecule has 134 valence electrons. The van der Waals surface area contributed by atoms with E-state index >= 15 is 0 Å². The Morgan fingerprint density at radius 2 is 2.04 bits per heavy atom. The third-order valence-corrected chi connectivity index (χ3v) is 5.89. The van der Waals surface area contributed by atoms with Gasteiger partial charge in [-0.15, -0.1) is 10.2 Å².